The molecule has 26 heavy (non-hydrogen) atoms. The van der Waals surface area contributed by atoms with Crippen LogP contribution in [0.1, 0.15) is 36.0 Å². The van der Waals surface area contributed by atoms with E-state index in [1.54, 1.807) is 24.3 Å². The Balaban J connectivity index is 1.75. The molecule has 0 aliphatic carbocycles. The van der Waals surface area contributed by atoms with Gasteiger partial charge in [0.05, 0.1) is 4.90 Å². The normalized spacial score (nSPS) is 14.8. The van der Waals surface area contributed by atoms with Crippen molar-refractivity contribution in [3.05, 3.63) is 54.4 Å². The third-order valence-corrected chi connectivity index (χ3v) is 5.35. The van der Waals surface area contributed by atoms with Gasteiger partial charge in [-0.15, -0.1) is 0 Å². The van der Waals surface area contributed by atoms with Crippen LogP contribution in [0.25, 0.3) is 0 Å². The minimum absolute atomic E-state index is 0.0805. The van der Waals surface area contributed by atoms with Gasteiger partial charge in [0.2, 0.25) is 0 Å². The van der Waals surface area contributed by atoms with Crippen LogP contribution in [0.3, 0.4) is 0 Å². The summed E-state index contributed by atoms with van der Waals surface area (Å²) >= 11 is 0. The van der Waals surface area contributed by atoms with Crippen LogP contribution in [0.5, 0.6) is 0 Å². The van der Waals surface area contributed by atoms with Crippen molar-refractivity contribution >= 4 is 27.5 Å². The number of pyridine rings is 1. The summed E-state index contributed by atoms with van der Waals surface area (Å²) in [6, 6.07) is 9.32. The Morgan fingerprint density at radius 3 is 2.65 bits per heavy atom. The summed E-state index contributed by atoms with van der Waals surface area (Å²) in [5, 5.41) is 2.70. The molecule has 8 heteroatoms. The van der Waals surface area contributed by atoms with Crippen LogP contribution in [-0.2, 0) is 10.0 Å². The zero-order chi connectivity index (χ0) is 18.4. The topological polar surface area (TPSA) is 101 Å². The molecule has 0 atom stereocenters. The number of hydrogen-bond donors (Lipinski definition) is 2. The van der Waals surface area contributed by atoms with Crippen LogP contribution < -0.4 is 10.0 Å². The number of anilines is 1. The Hall–Kier alpha value is -2.74. The zero-order valence-corrected chi connectivity index (χ0v) is 15.0. The number of benzene rings is 1. The molecule has 3 rings (SSSR count). The van der Waals surface area contributed by atoms with Gasteiger partial charge >= 0.3 is 0 Å². The maximum absolute atomic E-state index is 12.6. The number of amidine groups is 1. The molecule has 0 saturated heterocycles. The highest BCUT2D eigenvalue weighted by atomic mass is 32.2. The first-order valence-corrected chi connectivity index (χ1v) is 9.90. The van der Waals surface area contributed by atoms with E-state index in [4.69, 9.17) is 0 Å². The van der Waals surface area contributed by atoms with Gasteiger partial charge in [0, 0.05) is 36.6 Å². The smallest absolute Gasteiger partial charge is 0.262 e. The molecule has 1 amide bonds. The minimum Gasteiger partial charge on any atom is -0.322 e. The third-order valence-electron chi connectivity index (χ3n) is 3.97. The van der Waals surface area contributed by atoms with E-state index in [9.17, 15) is 13.2 Å². The Morgan fingerprint density at radius 1 is 1.04 bits per heavy atom. The van der Waals surface area contributed by atoms with E-state index in [2.05, 4.69) is 20.0 Å². The Kier molecular flexibility index (Phi) is 5.62. The monoisotopic (exact) mass is 372 g/mol. The van der Waals surface area contributed by atoms with Gasteiger partial charge in [-0.05, 0) is 43.2 Å². The maximum atomic E-state index is 12.6. The molecule has 136 valence electrons. The molecule has 2 N–H and O–H groups in total. The predicted octanol–water partition coefficient (Wildman–Crippen LogP) is 2.58. The number of nitrogens with one attached hydrogen (secondary N) is 2. The molecule has 0 radical (unpaired) electrons. The lowest BCUT2D eigenvalue weighted by Crippen LogP contribution is -2.30. The zero-order valence-electron chi connectivity index (χ0n) is 14.2. The van der Waals surface area contributed by atoms with Crippen LogP contribution >= 0.6 is 0 Å². The van der Waals surface area contributed by atoms with Crippen molar-refractivity contribution in [2.24, 2.45) is 4.99 Å². The summed E-state index contributed by atoms with van der Waals surface area (Å²) < 4.78 is 27.8. The molecule has 7 nitrogen and oxygen atoms in total. The maximum Gasteiger partial charge on any atom is 0.262 e. The average Bonchev–Trinajstić information content (AvgIpc) is 2.91. The van der Waals surface area contributed by atoms with Gasteiger partial charge < -0.3 is 5.32 Å². The summed E-state index contributed by atoms with van der Waals surface area (Å²) in [7, 11) is -3.74. The van der Waals surface area contributed by atoms with Crippen LogP contribution in [-0.4, -0.2) is 31.7 Å². The van der Waals surface area contributed by atoms with Crippen molar-refractivity contribution in [3.8, 4) is 0 Å². The lowest BCUT2D eigenvalue weighted by molar-refractivity contribution is 0.102. The fourth-order valence-electron chi connectivity index (χ4n) is 2.62. The molecule has 1 aromatic carbocycles. The number of hydrogen-bond acceptors (Lipinski definition) is 5. The van der Waals surface area contributed by atoms with E-state index in [1.807, 2.05) is 0 Å². The van der Waals surface area contributed by atoms with Crippen LogP contribution in [0.2, 0.25) is 0 Å². The molecule has 1 aliphatic heterocycles. The molecule has 0 unspecified atom stereocenters. The number of aliphatic imine (C=N–C) groups is 1. The van der Waals surface area contributed by atoms with Crippen molar-refractivity contribution in [1.29, 1.82) is 0 Å². The summed E-state index contributed by atoms with van der Waals surface area (Å²) in [4.78, 5) is 20.4. The Bertz CT molecular complexity index is 911. The second-order valence-corrected chi connectivity index (χ2v) is 7.64. The lowest BCUT2D eigenvalue weighted by Gasteiger charge is -2.11. The number of aromatic nitrogens is 1. The highest BCUT2D eigenvalue weighted by Crippen LogP contribution is 2.17. The van der Waals surface area contributed by atoms with E-state index in [0.29, 0.717) is 30.1 Å². The first kappa shape index (κ1) is 18.1. The molecule has 0 saturated carbocycles. The second-order valence-electron chi connectivity index (χ2n) is 5.96. The fourth-order valence-corrected chi connectivity index (χ4v) is 3.75. The molecule has 2 heterocycles. The van der Waals surface area contributed by atoms with E-state index in [0.717, 1.165) is 19.3 Å². The van der Waals surface area contributed by atoms with Gasteiger partial charge in [-0.2, -0.15) is 0 Å². The summed E-state index contributed by atoms with van der Waals surface area (Å²) in [5.74, 6) is 0.164. The summed E-state index contributed by atoms with van der Waals surface area (Å²) in [6.07, 6.45) is 6.61. The van der Waals surface area contributed by atoms with Gasteiger partial charge in [-0.3, -0.25) is 19.5 Å². The van der Waals surface area contributed by atoms with E-state index >= 15 is 0 Å². The Labute approximate surface area is 152 Å². The largest absolute Gasteiger partial charge is 0.322 e. The van der Waals surface area contributed by atoms with Gasteiger partial charge in [0.15, 0.2) is 0 Å². The molecule has 1 aliphatic rings. The molecule has 0 bridgehead atoms. The lowest BCUT2D eigenvalue weighted by atomic mass is 10.2. The van der Waals surface area contributed by atoms with Crippen LogP contribution in [0, 0.1) is 0 Å². The van der Waals surface area contributed by atoms with Crippen molar-refractivity contribution < 1.29 is 13.2 Å². The summed E-state index contributed by atoms with van der Waals surface area (Å²) in [5.41, 5.74) is 0.844. The highest BCUT2D eigenvalue weighted by molar-refractivity contribution is 7.90. The third kappa shape index (κ3) is 4.66. The second kappa shape index (κ2) is 8.09. The van der Waals surface area contributed by atoms with Crippen molar-refractivity contribution in [2.45, 2.75) is 30.6 Å². The van der Waals surface area contributed by atoms with Crippen LogP contribution in [0.15, 0.2) is 58.7 Å². The van der Waals surface area contributed by atoms with Crippen molar-refractivity contribution in [1.82, 2.24) is 9.71 Å². The van der Waals surface area contributed by atoms with Gasteiger partial charge in [0.25, 0.3) is 15.9 Å². The van der Waals surface area contributed by atoms with E-state index < -0.39 is 10.0 Å². The van der Waals surface area contributed by atoms with Gasteiger partial charge in [-0.25, -0.2) is 8.42 Å². The first-order chi connectivity index (χ1) is 12.5. The number of amides is 1. The number of carbonyl (C=O) groups is 1. The van der Waals surface area contributed by atoms with E-state index in [-0.39, 0.29) is 10.8 Å². The number of carbonyl (C=O) groups excluding carboxylic acids is 1. The Morgan fingerprint density at radius 2 is 1.85 bits per heavy atom. The number of rotatable bonds is 4. The quantitative estimate of drug-likeness (QED) is 0.861. The molecule has 0 fully saturated rings. The number of nitrogens with zero attached hydrogens (tertiary/aromatic N) is 2. The minimum atomic E-state index is -3.74. The van der Waals surface area contributed by atoms with E-state index in [1.165, 1.54) is 24.5 Å². The highest BCUT2D eigenvalue weighted by Gasteiger charge is 2.18. The molecular weight excluding hydrogens is 352 g/mol. The van der Waals surface area contributed by atoms with Crippen molar-refractivity contribution in [2.75, 3.05) is 11.9 Å². The SMILES string of the molecule is O=C(Nc1cccc(S(=O)(=O)NC2=NCCCCC2)c1)c1ccncc1. The molecule has 1 aromatic heterocycles. The first-order valence-electron chi connectivity index (χ1n) is 8.42. The van der Waals surface area contributed by atoms with Crippen molar-refractivity contribution in [3.63, 3.8) is 0 Å². The molecule has 0 spiro atoms. The fraction of sp³-hybridized carbons (Fsp3) is 0.278. The van der Waals surface area contributed by atoms with Gasteiger partial charge in [0.1, 0.15) is 5.84 Å². The summed E-state index contributed by atoms with van der Waals surface area (Å²) in [6.45, 7) is 0.639. The van der Waals surface area contributed by atoms with Crippen LogP contribution in [0.4, 0.5) is 5.69 Å². The standard InChI is InChI=1S/C18H20N4O3S/c23-18(14-8-11-19-12-9-14)21-15-5-4-6-16(13-15)26(24,25)22-17-7-2-1-3-10-20-17/h4-6,8-9,11-13H,1-3,7,10H2,(H,20,22)(H,21,23). The van der Waals surface area contributed by atoms with Gasteiger partial charge in [-0.1, -0.05) is 12.5 Å². The predicted molar refractivity (Wildman–Crippen MR) is 99.7 cm³/mol. The molecular formula is C18H20N4O3S. The number of sulfonamides is 1. The average molecular weight is 372 g/mol. The molecule has 2 aromatic rings.